The summed E-state index contributed by atoms with van der Waals surface area (Å²) in [6.45, 7) is 6.87. The minimum Gasteiger partial charge on any atom is -0.495 e. The Balaban J connectivity index is 1.97. The molecule has 0 aliphatic rings. The van der Waals surface area contributed by atoms with E-state index in [0.717, 1.165) is 6.42 Å². The van der Waals surface area contributed by atoms with Gasteiger partial charge in [-0.1, -0.05) is 63.2 Å². The zero-order valence-corrected chi connectivity index (χ0v) is 21.3. The number of para-hydroxylation sites is 3. The molecule has 3 aromatic carbocycles. The van der Waals surface area contributed by atoms with Gasteiger partial charge in [-0.2, -0.15) is 0 Å². The monoisotopic (exact) mass is 483 g/mol. The van der Waals surface area contributed by atoms with Crippen molar-refractivity contribution in [1.82, 2.24) is 14.5 Å². The largest absolute Gasteiger partial charge is 0.495 e. The molecule has 1 unspecified atom stereocenters. The number of nitrogens with zero attached hydrogens (tertiary/aromatic N) is 3. The second-order valence-corrected chi connectivity index (χ2v) is 9.27. The smallest absolute Gasteiger partial charge is 0.266 e. The second-order valence-electron chi connectivity index (χ2n) is 9.27. The van der Waals surface area contributed by atoms with Gasteiger partial charge in [-0.25, -0.2) is 4.98 Å². The first-order chi connectivity index (χ1) is 17.5. The van der Waals surface area contributed by atoms with Gasteiger partial charge in [-0.15, -0.1) is 0 Å². The maximum atomic E-state index is 13.9. The molecule has 6 heteroatoms. The van der Waals surface area contributed by atoms with Gasteiger partial charge in [0.15, 0.2) is 0 Å². The number of benzene rings is 3. The van der Waals surface area contributed by atoms with E-state index in [0.29, 0.717) is 52.6 Å². The third-order valence-corrected chi connectivity index (χ3v) is 6.42. The molecule has 4 rings (SSSR count). The van der Waals surface area contributed by atoms with Gasteiger partial charge >= 0.3 is 0 Å². The second kappa shape index (κ2) is 11.2. The number of methoxy groups -OCH3 is 1. The first-order valence-electron chi connectivity index (χ1n) is 12.5. The van der Waals surface area contributed by atoms with Crippen molar-refractivity contribution in [2.75, 3.05) is 13.7 Å². The highest BCUT2D eigenvalue weighted by atomic mass is 16.5. The summed E-state index contributed by atoms with van der Waals surface area (Å²) in [7, 11) is 1.59. The Kier molecular flexibility index (Phi) is 7.84. The average Bonchev–Trinajstić information content (AvgIpc) is 2.91. The van der Waals surface area contributed by atoms with Crippen LogP contribution in [0.15, 0.2) is 83.7 Å². The van der Waals surface area contributed by atoms with Crippen LogP contribution >= 0.6 is 0 Å². The Morgan fingerprint density at radius 1 is 0.972 bits per heavy atom. The predicted molar refractivity (Wildman–Crippen MR) is 144 cm³/mol. The molecule has 0 aliphatic carbocycles. The molecule has 1 atom stereocenters. The number of hydrogen-bond acceptors (Lipinski definition) is 4. The van der Waals surface area contributed by atoms with Gasteiger partial charge in [0.2, 0.25) is 0 Å². The van der Waals surface area contributed by atoms with E-state index < -0.39 is 6.04 Å². The van der Waals surface area contributed by atoms with Crippen LogP contribution in [0.25, 0.3) is 16.6 Å². The number of hydrogen-bond donors (Lipinski definition) is 0. The molecule has 1 heterocycles. The minimum absolute atomic E-state index is 0.0721. The van der Waals surface area contributed by atoms with Gasteiger partial charge in [0.1, 0.15) is 11.6 Å². The Labute approximate surface area is 212 Å². The highest BCUT2D eigenvalue weighted by Crippen LogP contribution is 2.30. The van der Waals surface area contributed by atoms with Crippen molar-refractivity contribution in [2.24, 2.45) is 5.92 Å². The zero-order chi connectivity index (χ0) is 25.7. The Morgan fingerprint density at radius 2 is 1.64 bits per heavy atom. The van der Waals surface area contributed by atoms with Gasteiger partial charge in [0.05, 0.1) is 29.7 Å². The van der Waals surface area contributed by atoms with Crippen LogP contribution in [-0.2, 0) is 0 Å². The zero-order valence-electron chi connectivity index (χ0n) is 21.3. The van der Waals surface area contributed by atoms with E-state index in [-0.39, 0.29) is 11.5 Å². The Hall–Kier alpha value is -3.93. The lowest BCUT2D eigenvalue weighted by Gasteiger charge is -2.33. The number of aromatic nitrogens is 2. The fourth-order valence-electron chi connectivity index (χ4n) is 4.51. The highest BCUT2D eigenvalue weighted by molar-refractivity contribution is 5.94. The maximum Gasteiger partial charge on any atom is 0.266 e. The molecular formula is C30H33N3O3. The summed E-state index contributed by atoms with van der Waals surface area (Å²) < 4.78 is 7.24. The molecule has 0 spiro atoms. The SMILES string of the molecule is CCC(c1nc2ccccc2c(=O)n1-c1ccccc1OC)N(CCC(C)C)C(=O)c1ccccc1. The summed E-state index contributed by atoms with van der Waals surface area (Å²) in [6, 6.07) is 23.6. The lowest BCUT2D eigenvalue weighted by Crippen LogP contribution is -2.39. The van der Waals surface area contributed by atoms with Gasteiger partial charge < -0.3 is 9.64 Å². The lowest BCUT2D eigenvalue weighted by molar-refractivity contribution is 0.0648. The maximum absolute atomic E-state index is 13.9. The first kappa shape index (κ1) is 25.2. The van der Waals surface area contributed by atoms with Gasteiger partial charge in [-0.3, -0.25) is 14.2 Å². The molecule has 0 bridgehead atoms. The van der Waals surface area contributed by atoms with Crippen molar-refractivity contribution in [3.05, 3.63) is 101 Å². The number of carbonyl (C=O) groups excluding carboxylic acids is 1. The molecule has 0 aliphatic heterocycles. The number of carbonyl (C=O) groups is 1. The van der Waals surface area contributed by atoms with E-state index in [9.17, 15) is 9.59 Å². The van der Waals surface area contributed by atoms with Gasteiger partial charge in [-0.05, 0) is 55.2 Å². The molecule has 0 saturated carbocycles. The van der Waals surface area contributed by atoms with Crippen molar-refractivity contribution < 1.29 is 9.53 Å². The quantitative estimate of drug-likeness (QED) is 0.291. The van der Waals surface area contributed by atoms with Crippen LogP contribution in [-0.4, -0.2) is 34.0 Å². The topological polar surface area (TPSA) is 64.4 Å². The standard InChI is InChI=1S/C30H33N3O3/c1-5-25(32(20-19-21(2)3)29(34)22-13-7-6-8-14-22)28-31-24-16-10-9-15-23(24)30(35)33(28)26-17-11-12-18-27(26)36-4/h6-18,21,25H,5,19-20H2,1-4H3. The first-order valence-corrected chi connectivity index (χ1v) is 12.5. The fraction of sp³-hybridized carbons (Fsp3) is 0.300. The summed E-state index contributed by atoms with van der Waals surface area (Å²) in [5, 5.41) is 0.519. The van der Waals surface area contributed by atoms with Crippen LogP contribution in [0.2, 0.25) is 0 Å². The minimum atomic E-state index is -0.418. The number of amides is 1. The molecule has 0 saturated heterocycles. The van der Waals surface area contributed by atoms with Crippen LogP contribution in [0.3, 0.4) is 0 Å². The summed E-state index contributed by atoms with van der Waals surface area (Å²) in [4.78, 5) is 34.6. The van der Waals surface area contributed by atoms with E-state index in [1.807, 2.05) is 84.6 Å². The summed E-state index contributed by atoms with van der Waals surface area (Å²) in [5.74, 6) is 1.43. The van der Waals surface area contributed by atoms with Crippen molar-refractivity contribution >= 4 is 16.8 Å². The molecule has 0 N–H and O–H groups in total. The van der Waals surface area contributed by atoms with Crippen LogP contribution in [0.4, 0.5) is 0 Å². The molecular weight excluding hydrogens is 450 g/mol. The molecule has 186 valence electrons. The van der Waals surface area contributed by atoms with E-state index >= 15 is 0 Å². The summed E-state index contributed by atoms with van der Waals surface area (Å²) >= 11 is 0. The molecule has 4 aromatic rings. The van der Waals surface area contributed by atoms with Crippen LogP contribution < -0.4 is 10.3 Å². The molecule has 1 amide bonds. The van der Waals surface area contributed by atoms with Crippen LogP contribution in [0.5, 0.6) is 5.75 Å². The number of ether oxygens (including phenoxy) is 1. The summed E-state index contributed by atoms with van der Waals surface area (Å²) in [5.41, 5.74) is 1.65. The number of fused-ring (bicyclic) bond motifs is 1. The molecule has 1 aromatic heterocycles. The third kappa shape index (κ3) is 5.03. The third-order valence-electron chi connectivity index (χ3n) is 6.42. The summed E-state index contributed by atoms with van der Waals surface area (Å²) in [6.07, 6.45) is 1.43. The molecule has 36 heavy (non-hydrogen) atoms. The normalized spacial score (nSPS) is 12.0. The van der Waals surface area contributed by atoms with E-state index in [1.165, 1.54) is 0 Å². The Bertz CT molecular complexity index is 1400. The molecule has 6 nitrogen and oxygen atoms in total. The van der Waals surface area contributed by atoms with Crippen molar-refractivity contribution in [3.8, 4) is 11.4 Å². The van der Waals surface area contributed by atoms with Crippen LogP contribution in [0, 0.1) is 5.92 Å². The number of rotatable bonds is 9. The van der Waals surface area contributed by atoms with Crippen molar-refractivity contribution in [3.63, 3.8) is 0 Å². The average molecular weight is 484 g/mol. The van der Waals surface area contributed by atoms with Crippen molar-refractivity contribution in [1.29, 1.82) is 0 Å². The molecule has 0 radical (unpaired) electrons. The van der Waals surface area contributed by atoms with Gasteiger partial charge in [0.25, 0.3) is 11.5 Å². The van der Waals surface area contributed by atoms with Crippen LogP contribution in [0.1, 0.15) is 55.8 Å². The highest BCUT2D eigenvalue weighted by Gasteiger charge is 2.30. The molecule has 0 fully saturated rings. The van der Waals surface area contributed by atoms with E-state index in [1.54, 1.807) is 17.7 Å². The lowest BCUT2D eigenvalue weighted by atomic mass is 10.0. The van der Waals surface area contributed by atoms with Gasteiger partial charge in [0, 0.05) is 12.1 Å². The Morgan fingerprint density at radius 3 is 2.33 bits per heavy atom. The van der Waals surface area contributed by atoms with Crippen molar-refractivity contribution in [2.45, 2.75) is 39.7 Å². The predicted octanol–water partition coefficient (Wildman–Crippen LogP) is 6.03. The van der Waals surface area contributed by atoms with E-state index in [2.05, 4.69) is 13.8 Å². The van der Waals surface area contributed by atoms with E-state index in [4.69, 9.17) is 9.72 Å². The fourth-order valence-corrected chi connectivity index (χ4v) is 4.51.